The van der Waals surface area contributed by atoms with Gasteiger partial charge in [-0.25, -0.2) is 9.18 Å². The van der Waals surface area contributed by atoms with Crippen molar-refractivity contribution in [1.82, 2.24) is 10.6 Å². The number of ether oxygens (including phenoxy) is 2. The SMILES string of the molecule is COC([C@@H]1C[C@H]2CC2N1)[C@@H](C)C(=O)N[C@@H](Cc1ccccc1F)C(=O)OC(C)(C)C. The van der Waals surface area contributed by atoms with Gasteiger partial charge in [-0.05, 0) is 51.2 Å². The Morgan fingerprint density at radius 2 is 1.97 bits per heavy atom. The van der Waals surface area contributed by atoms with Gasteiger partial charge in [-0.15, -0.1) is 0 Å². The summed E-state index contributed by atoms with van der Waals surface area (Å²) in [6, 6.07) is 5.90. The smallest absolute Gasteiger partial charge is 0.329 e. The zero-order valence-electron chi connectivity index (χ0n) is 18.4. The first-order valence-corrected chi connectivity index (χ1v) is 10.6. The standard InChI is InChI=1S/C23H33FN2O4/c1-13(20(29-5)18-12-15-11-17(15)25-18)21(27)26-19(22(28)30-23(2,3)4)10-14-8-6-7-9-16(14)24/h6-9,13,15,17-20,25H,10-12H2,1-5H3,(H,26,27)/t13-,15-,17?,18+,19+,20?/m1/s1. The molecule has 2 N–H and O–H groups in total. The molecule has 1 aromatic carbocycles. The molecule has 1 saturated heterocycles. The molecule has 30 heavy (non-hydrogen) atoms. The molecular weight excluding hydrogens is 387 g/mol. The van der Waals surface area contributed by atoms with Crippen molar-refractivity contribution in [3.63, 3.8) is 0 Å². The van der Waals surface area contributed by atoms with Crippen molar-refractivity contribution in [3.8, 4) is 0 Å². The van der Waals surface area contributed by atoms with Gasteiger partial charge in [0.15, 0.2) is 0 Å². The molecule has 1 saturated carbocycles. The van der Waals surface area contributed by atoms with E-state index in [2.05, 4.69) is 10.6 Å². The number of halogens is 1. The van der Waals surface area contributed by atoms with Crippen LogP contribution in [-0.4, -0.2) is 48.8 Å². The number of rotatable bonds is 8. The third-order valence-corrected chi connectivity index (χ3v) is 5.87. The molecule has 1 heterocycles. The average Bonchev–Trinajstić information content (AvgIpc) is 3.27. The summed E-state index contributed by atoms with van der Waals surface area (Å²) in [5.74, 6) is -1.11. The fourth-order valence-corrected chi connectivity index (χ4v) is 4.23. The topological polar surface area (TPSA) is 76.7 Å². The van der Waals surface area contributed by atoms with E-state index < -0.39 is 29.3 Å². The van der Waals surface area contributed by atoms with Gasteiger partial charge < -0.3 is 20.1 Å². The second-order valence-corrected chi connectivity index (χ2v) is 9.49. The van der Waals surface area contributed by atoms with Gasteiger partial charge in [0.25, 0.3) is 0 Å². The number of benzene rings is 1. The van der Waals surface area contributed by atoms with Crippen molar-refractivity contribution in [3.05, 3.63) is 35.6 Å². The maximum Gasteiger partial charge on any atom is 0.329 e. The Kier molecular flexibility index (Phi) is 6.82. The van der Waals surface area contributed by atoms with E-state index in [9.17, 15) is 14.0 Å². The molecule has 0 aromatic heterocycles. The van der Waals surface area contributed by atoms with Gasteiger partial charge in [0.1, 0.15) is 17.5 Å². The number of hydrogen-bond acceptors (Lipinski definition) is 5. The highest BCUT2D eigenvalue weighted by Gasteiger charge is 2.49. The molecule has 0 spiro atoms. The molecule has 6 atom stereocenters. The number of piperidine rings is 1. The van der Waals surface area contributed by atoms with Crippen LogP contribution in [0, 0.1) is 17.7 Å². The van der Waals surface area contributed by atoms with Crippen LogP contribution in [0.3, 0.4) is 0 Å². The number of carbonyl (C=O) groups is 2. The van der Waals surface area contributed by atoms with Crippen LogP contribution in [0.1, 0.15) is 46.1 Å². The Morgan fingerprint density at radius 1 is 1.27 bits per heavy atom. The minimum atomic E-state index is -0.987. The number of amides is 1. The Hall–Kier alpha value is -1.99. The Bertz CT molecular complexity index is 769. The van der Waals surface area contributed by atoms with Gasteiger partial charge in [0.05, 0.1) is 12.0 Å². The van der Waals surface area contributed by atoms with Crippen LogP contribution < -0.4 is 10.6 Å². The van der Waals surface area contributed by atoms with E-state index in [1.54, 1.807) is 53.0 Å². The summed E-state index contributed by atoms with van der Waals surface area (Å²) in [6.45, 7) is 7.07. The first-order valence-electron chi connectivity index (χ1n) is 10.6. The number of hydrogen-bond donors (Lipinski definition) is 2. The summed E-state index contributed by atoms with van der Waals surface area (Å²) < 4.78 is 25.3. The van der Waals surface area contributed by atoms with Crippen LogP contribution in [0.25, 0.3) is 0 Å². The van der Waals surface area contributed by atoms with Crippen molar-refractivity contribution in [1.29, 1.82) is 0 Å². The lowest BCUT2D eigenvalue weighted by molar-refractivity contribution is -0.159. The van der Waals surface area contributed by atoms with E-state index >= 15 is 0 Å². The number of fused-ring (bicyclic) bond motifs is 1. The van der Waals surface area contributed by atoms with E-state index in [0.717, 1.165) is 6.42 Å². The minimum Gasteiger partial charge on any atom is -0.458 e. The first kappa shape index (κ1) is 22.7. The number of carbonyl (C=O) groups excluding carboxylic acids is 2. The van der Waals surface area contributed by atoms with E-state index in [4.69, 9.17) is 9.47 Å². The van der Waals surface area contributed by atoms with E-state index in [-0.39, 0.29) is 24.5 Å². The Labute approximate surface area is 177 Å². The summed E-state index contributed by atoms with van der Waals surface area (Å²) in [4.78, 5) is 25.8. The van der Waals surface area contributed by atoms with Crippen LogP contribution in [0.15, 0.2) is 24.3 Å². The molecule has 6 nitrogen and oxygen atoms in total. The number of esters is 1. The summed E-state index contributed by atoms with van der Waals surface area (Å²) in [5.41, 5.74) is -0.368. The molecule has 2 aliphatic rings. The van der Waals surface area contributed by atoms with Gasteiger partial charge in [-0.3, -0.25) is 4.79 Å². The van der Waals surface area contributed by atoms with Crippen molar-refractivity contribution >= 4 is 11.9 Å². The highest BCUT2D eigenvalue weighted by Crippen LogP contribution is 2.42. The normalized spacial score (nSPS) is 25.7. The van der Waals surface area contributed by atoms with Crippen molar-refractivity contribution in [2.24, 2.45) is 11.8 Å². The predicted molar refractivity (Wildman–Crippen MR) is 111 cm³/mol. The van der Waals surface area contributed by atoms with Crippen molar-refractivity contribution < 1.29 is 23.5 Å². The fraction of sp³-hybridized carbons (Fsp3) is 0.652. The van der Waals surface area contributed by atoms with Crippen molar-refractivity contribution in [2.45, 2.75) is 76.8 Å². The summed E-state index contributed by atoms with van der Waals surface area (Å²) >= 11 is 0. The molecule has 7 heteroatoms. The second-order valence-electron chi connectivity index (χ2n) is 9.49. The quantitative estimate of drug-likeness (QED) is 0.633. The maximum atomic E-state index is 14.2. The van der Waals surface area contributed by atoms with Crippen LogP contribution in [-0.2, 0) is 25.5 Å². The molecule has 1 amide bonds. The largest absolute Gasteiger partial charge is 0.458 e. The monoisotopic (exact) mass is 420 g/mol. The van der Waals surface area contributed by atoms with Crippen molar-refractivity contribution in [2.75, 3.05) is 7.11 Å². The zero-order valence-corrected chi connectivity index (χ0v) is 18.4. The lowest BCUT2D eigenvalue weighted by Gasteiger charge is -2.30. The summed E-state index contributed by atoms with van der Waals surface area (Å²) in [7, 11) is 1.60. The van der Waals surface area contributed by atoms with Gasteiger partial charge in [0.2, 0.25) is 5.91 Å². The maximum absolute atomic E-state index is 14.2. The molecule has 0 bridgehead atoms. The molecule has 2 fully saturated rings. The molecule has 1 aliphatic heterocycles. The molecule has 0 radical (unpaired) electrons. The minimum absolute atomic E-state index is 0.0174. The molecule has 1 aliphatic carbocycles. The molecular formula is C23H33FN2O4. The zero-order chi connectivity index (χ0) is 22.1. The Morgan fingerprint density at radius 3 is 2.53 bits per heavy atom. The van der Waals surface area contributed by atoms with Gasteiger partial charge >= 0.3 is 5.97 Å². The average molecular weight is 421 g/mol. The number of methoxy groups -OCH3 is 1. The third kappa shape index (κ3) is 5.58. The van der Waals surface area contributed by atoms with Gasteiger partial charge in [-0.1, -0.05) is 25.1 Å². The van der Waals surface area contributed by atoms with Gasteiger partial charge in [0, 0.05) is 25.6 Å². The van der Waals surface area contributed by atoms with E-state index in [0.29, 0.717) is 17.5 Å². The lowest BCUT2D eigenvalue weighted by atomic mass is 9.94. The van der Waals surface area contributed by atoms with Crippen LogP contribution >= 0.6 is 0 Å². The fourth-order valence-electron chi connectivity index (χ4n) is 4.23. The first-order chi connectivity index (χ1) is 14.1. The van der Waals surface area contributed by atoms with Crippen LogP contribution in [0.5, 0.6) is 0 Å². The van der Waals surface area contributed by atoms with Gasteiger partial charge in [-0.2, -0.15) is 0 Å². The predicted octanol–water partition coefficient (Wildman–Crippen LogP) is 2.60. The van der Waals surface area contributed by atoms with E-state index in [1.165, 1.54) is 12.5 Å². The lowest BCUT2D eigenvalue weighted by Crippen LogP contribution is -2.52. The Balaban J connectivity index is 1.70. The molecule has 166 valence electrons. The van der Waals surface area contributed by atoms with Crippen LogP contribution in [0.4, 0.5) is 4.39 Å². The molecule has 3 rings (SSSR count). The molecule has 1 aromatic rings. The summed E-state index contributed by atoms with van der Waals surface area (Å²) in [5, 5.41) is 6.31. The summed E-state index contributed by atoms with van der Waals surface area (Å²) in [6.07, 6.45) is 1.90. The van der Waals surface area contributed by atoms with E-state index in [1.807, 2.05) is 0 Å². The highest BCUT2D eigenvalue weighted by atomic mass is 19.1. The van der Waals surface area contributed by atoms with Crippen LogP contribution in [0.2, 0.25) is 0 Å². The molecule has 2 unspecified atom stereocenters. The second kappa shape index (κ2) is 9.02. The highest BCUT2D eigenvalue weighted by molar-refractivity contribution is 5.86. The number of nitrogens with one attached hydrogen (secondary N) is 2. The third-order valence-electron chi connectivity index (χ3n) is 5.87.